The van der Waals surface area contributed by atoms with Crippen molar-refractivity contribution >= 4 is 15.9 Å². The smallest absolute Gasteiger partial charge is 0.214 e. The lowest BCUT2D eigenvalue weighted by Crippen LogP contribution is -3.14. The minimum atomic E-state index is 0. The Hall–Kier alpha value is -0.360. The standard InChI is InChI=1S/C12H17BrN2O2.ClH/c13-11-3-1-4-12(14-11)17-8-2-5-15-6-9-16-10-7-15;/h1,3-4H,2,5-10H2;1H. The molecule has 1 saturated heterocycles. The van der Waals surface area contributed by atoms with Crippen molar-refractivity contribution in [2.45, 2.75) is 6.42 Å². The predicted octanol–water partition coefficient (Wildman–Crippen LogP) is -2.47. The van der Waals surface area contributed by atoms with Crippen LogP contribution in [-0.2, 0) is 4.74 Å². The highest BCUT2D eigenvalue weighted by Gasteiger charge is 2.12. The molecule has 0 atom stereocenters. The maximum absolute atomic E-state index is 5.59. The molecule has 102 valence electrons. The third-order valence-corrected chi connectivity index (χ3v) is 3.26. The third-order valence-electron chi connectivity index (χ3n) is 2.81. The van der Waals surface area contributed by atoms with Crippen LogP contribution in [0.5, 0.6) is 5.88 Å². The molecule has 0 radical (unpaired) electrons. The van der Waals surface area contributed by atoms with Gasteiger partial charge in [0, 0.05) is 12.5 Å². The number of hydrogen-bond donors (Lipinski definition) is 1. The van der Waals surface area contributed by atoms with Gasteiger partial charge in [0.15, 0.2) is 0 Å². The van der Waals surface area contributed by atoms with E-state index in [1.54, 1.807) is 4.90 Å². The minimum Gasteiger partial charge on any atom is -1.00 e. The SMILES string of the molecule is Brc1cccc(OCCC[NH+]2CCOCC2)n1.[Cl-]. The molecule has 0 spiro atoms. The lowest BCUT2D eigenvalue weighted by Gasteiger charge is -2.23. The van der Waals surface area contributed by atoms with Gasteiger partial charge in [-0.15, -0.1) is 0 Å². The van der Waals surface area contributed by atoms with E-state index in [1.807, 2.05) is 18.2 Å². The van der Waals surface area contributed by atoms with Gasteiger partial charge >= 0.3 is 0 Å². The maximum atomic E-state index is 5.59. The first-order valence-corrected chi connectivity index (χ1v) is 6.80. The summed E-state index contributed by atoms with van der Waals surface area (Å²) in [6, 6.07) is 5.71. The Morgan fingerprint density at radius 3 is 2.83 bits per heavy atom. The van der Waals surface area contributed by atoms with Crippen molar-refractivity contribution in [1.82, 2.24) is 4.98 Å². The van der Waals surface area contributed by atoms with Crippen LogP contribution in [0.2, 0.25) is 0 Å². The summed E-state index contributed by atoms with van der Waals surface area (Å²) in [5.41, 5.74) is 0. The van der Waals surface area contributed by atoms with E-state index in [-0.39, 0.29) is 12.4 Å². The normalized spacial score (nSPS) is 16.1. The predicted molar refractivity (Wildman–Crippen MR) is 68.4 cm³/mol. The molecule has 1 aromatic rings. The zero-order valence-electron chi connectivity index (χ0n) is 10.2. The van der Waals surface area contributed by atoms with Crippen LogP contribution in [0.1, 0.15) is 6.42 Å². The summed E-state index contributed by atoms with van der Waals surface area (Å²) in [5.74, 6) is 0.691. The van der Waals surface area contributed by atoms with Crippen LogP contribution in [0, 0.1) is 0 Å². The van der Waals surface area contributed by atoms with Crippen molar-refractivity contribution in [3.05, 3.63) is 22.8 Å². The van der Waals surface area contributed by atoms with E-state index >= 15 is 0 Å². The topological polar surface area (TPSA) is 35.8 Å². The molecule has 6 heteroatoms. The molecule has 2 rings (SSSR count). The minimum absolute atomic E-state index is 0. The van der Waals surface area contributed by atoms with Gasteiger partial charge in [0.1, 0.15) is 17.7 Å². The highest BCUT2D eigenvalue weighted by Crippen LogP contribution is 2.11. The molecule has 0 bridgehead atoms. The van der Waals surface area contributed by atoms with Gasteiger partial charge in [-0.25, -0.2) is 4.98 Å². The molecule has 0 aromatic carbocycles. The molecule has 1 N–H and O–H groups in total. The largest absolute Gasteiger partial charge is 1.00 e. The van der Waals surface area contributed by atoms with Gasteiger partial charge in [-0.2, -0.15) is 0 Å². The Morgan fingerprint density at radius 2 is 2.11 bits per heavy atom. The molecule has 0 saturated carbocycles. The molecule has 0 amide bonds. The van der Waals surface area contributed by atoms with E-state index in [0.717, 1.165) is 50.5 Å². The summed E-state index contributed by atoms with van der Waals surface area (Å²) in [5, 5.41) is 0. The second-order valence-electron chi connectivity index (χ2n) is 4.11. The first-order chi connectivity index (χ1) is 8.34. The molecule has 4 nitrogen and oxygen atoms in total. The second kappa shape index (κ2) is 8.69. The molecule has 2 heterocycles. The average Bonchev–Trinajstić information content (AvgIpc) is 2.36. The van der Waals surface area contributed by atoms with Gasteiger partial charge in [-0.05, 0) is 22.0 Å². The first-order valence-electron chi connectivity index (χ1n) is 6.01. The maximum Gasteiger partial charge on any atom is 0.214 e. The van der Waals surface area contributed by atoms with E-state index in [0.29, 0.717) is 5.88 Å². The van der Waals surface area contributed by atoms with Crippen molar-refractivity contribution in [1.29, 1.82) is 0 Å². The van der Waals surface area contributed by atoms with Crippen LogP contribution in [0.3, 0.4) is 0 Å². The van der Waals surface area contributed by atoms with Gasteiger partial charge in [-0.3, -0.25) is 0 Å². The summed E-state index contributed by atoms with van der Waals surface area (Å²) >= 11 is 3.32. The highest BCUT2D eigenvalue weighted by molar-refractivity contribution is 9.10. The van der Waals surface area contributed by atoms with Gasteiger partial charge in [-0.1, -0.05) is 6.07 Å². The van der Waals surface area contributed by atoms with Gasteiger partial charge in [0.2, 0.25) is 5.88 Å². The number of ether oxygens (including phenoxy) is 2. The zero-order valence-corrected chi connectivity index (χ0v) is 12.5. The van der Waals surface area contributed by atoms with Crippen LogP contribution in [-0.4, -0.2) is 44.4 Å². The lowest BCUT2D eigenvalue weighted by molar-refractivity contribution is -0.908. The van der Waals surface area contributed by atoms with Crippen molar-refractivity contribution in [3.63, 3.8) is 0 Å². The number of rotatable bonds is 5. The van der Waals surface area contributed by atoms with E-state index in [9.17, 15) is 0 Å². The number of morpholine rings is 1. The van der Waals surface area contributed by atoms with E-state index < -0.39 is 0 Å². The number of aromatic nitrogens is 1. The molecule has 1 aliphatic heterocycles. The van der Waals surface area contributed by atoms with Crippen molar-refractivity contribution in [2.75, 3.05) is 39.5 Å². The number of pyridine rings is 1. The molecular weight excluding hydrogens is 320 g/mol. The summed E-state index contributed by atoms with van der Waals surface area (Å²) in [4.78, 5) is 5.84. The number of nitrogens with zero attached hydrogens (tertiary/aromatic N) is 1. The lowest BCUT2D eigenvalue weighted by atomic mass is 10.3. The third kappa shape index (κ3) is 5.52. The Labute approximate surface area is 122 Å². The van der Waals surface area contributed by atoms with Crippen molar-refractivity contribution in [3.8, 4) is 5.88 Å². The molecular formula is C12H18BrClN2O2. The zero-order chi connectivity index (χ0) is 11.9. The van der Waals surface area contributed by atoms with Crippen molar-refractivity contribution < 1.29 is 26.8 Å². The van der Waals surface area contributed by atoms with E-state index in [2.05, 4.69) is 20.9 Å². The number of hydrogen-bond acceptors (Lipinski definition) is 3. The molecule has 0 aliphatic carbocycles. The van der Waals surface area contributed by atoms with Crippen molar-refractivity contribution in [2.24, 2.45) is 0 Å². The number of nitrogens with one attached hydrogen (secondary N) is 1. The second-order valence-corrected chi connectivity index (χ2v) is 4.93. The molecule has 1 aliphatic rings. The fourth-order valence-electron chi connectivity index (χ4n) is 1.88. The fraction of sp³-hybridized carbons (Fsp3) is 0.583. The van der Waals surface area contributed by atoms with Gasteiger partial charge in [0.25, 0.3) is 0 Å². The summed E-state index contributed by atoms with van der Waals surface area (Å²) in [6.07, 6.45) is 1.06. The number of quaternary nitrogens is 1. The quantitative estimate of drug-likeness (QED) is 0.478. The molecule has 18 heavy (non-hydrogen) atoms. The first kappa shape index (κ1) is 15.7. The Bertz CT molecular complexity index is 349. The Kier molecular flexibility index (Phi) is 7.58. The summed E-state index contributed by atoms with van der Waals surface area (Å²) in [7, 11) is 0. The average molecular weight is 338 g/mol. The van der Waals surface area contributed by atoms with Crippen LogP contribution in [0.25, 0.3) is 0 Å². The fourth-order valence-corrected chi connectivity index (χ4v) is 2.21. The Morgan fingerprint density at radius 1 is 1.33 bits per heavy atom. The highest BCUT2D eigenvalue weighted by atomic mass is 79.9. The van der Waals surface area contributed by atoms with Crippen LogP contribution in [0.4, 0.5) is 0 Å². The summed E-state index contributed by atoms with van der Waals surface area (Å²) in [6.45, 7) is 5.90. The van der Waals surface area contributed by atoms with Gasteiger partial charge in [0.05, 0.1) is 26.4 Å². The molecule has 1 fully saturated rings. The number of halogens is 2. The summed E-state index contributed by atoms with van der Waals surface area (Å²) < 4.78 is 11.7. The van der Waals surface area contributed by atoms with Crippen LogP contribution < -0.4 is 22.0 Å². The van der Waals surface area contributed by atoms with Crippen LogP contribution >= 0.6 is 15.9 Å². The molecule has 0 unspecified atom stereocenters. The Balaban J connectivity index is 0.00000162. The molecule has 1 aromatic heterocycles. The monoisotopic (exact) mass is 336 g/mol. The van der Waals surface area contributed by atoms with Crippen LogP contribution in [0.15, 0.2) is 22.8 Å². The van der Waals surface area contributed by atoms with E-state index in [1.165, 1.54) is 0 Å². The van der Waals surface area contributed by atoms with E-state index in [4.69, 9.17) is 9.47 Å². The van der Waals surface area contributed by atoms with Gasteiger partial charge < -0.3 is 26.8 Å².